The number of carbonyl (C=O) groups excluding carboxylic acids is 1. The summed E-state index contributed by atoms with van der Waals surface area (Å²) in [6.07, 6.45) is 1.39. The van der Waals surface area contributed by atoms with Crippen molar-refractivity contribution in [3.8, 4) is 5.75 Å². The van der Waals surface area contributed by atoms with E-state index in [2.05, 4.69) is 5.32 Å². The highest BCUT2D eigenvalue weighted by atomic mass is 16.5. The third kappa shape index (κ3) is 5.30. The Morgan fingerprint density at radius 1 is 1.25 bits per heavy atom. The fourth-order valence-electron chi connectivity index (χ4n) is 1.92. The van der Waals surface area contributed by atoms with E-state index in [0.29, 0.717) is 6.42 Å². The molecule has 1 amide bonds. The average molecular weight is 279 g/mol. The van der Waals surface area contributed by atoms with Gasteiger partial charge in [0.25, 0.3) is 0 Å². The van der Waals surface area contributed by atoms with Gasteiger partial charge in [-0.15, -0.1) is 0 Å². The van der Waals surface area contributed by atoms with Gasteiger partial charge in [-0.3, -0.25) is 9.59 Å². The highest BCUT2D eigenvalue weighted by Gasteiger charge is 2.13. The van der Waals surface area contributed by atoms with Crippen molar-refractivity contribution < 1.29 is 19.4 Å². The minimum atomic E-state index is -0.875. The molecule has 1 unspecified atom stereocenters. The van der Waals surface area contributed by atoms with Crippen molar-refractivity contribution in [2.45, 2.75) is 38.6 Å². The maximum Gasteiger partial charge on any atom is 0.303 e. The van der Waals surface area contributed by atoms with E-state index in [1.165, 1.54) is 0 Å². The Hall–Kier alpha value is -2.04. The topological polar surface area (TPSA) is 75.6 Å². The van der Waals surface area contributed by atoms with E-state index in [9.17, 15) is 9.59 Å². The average Bonchev–Trinajstić information content (AvgIpc) is 2.44. The first kappa shape index (κ1) is 16.0. The third-order valence-corrected chi connectivity index (χ3v) is 3.06. The smallest absolute Gasteiger partial charge is 0.303 e. The second-order valence-corrected chi connectivity index (χ2v) is 4.55. The van der Waals surface area contributed by atoms with Crippen LogP contribution in [0.5, 0.6) is 5.75 Å². The summed E-state index contributed by atoms with van der Waals surface area (Å²) < 4.78 is 5.10. The van der Waals surface area contributed by atoms with Crippen LogP contribution in [0.2, 0.25) is 0 Å². The Labute approximate surface area is 118 Å². The summed E-state index contributed by atoms with van der Waals surface area (Å²) in [6.45, 7) is 1.99. The van der Waals surface area contributed by atoms with Crippen LogP contribution in [0.25, 0.3) is 0 Å². The summed E-state index contributed by atoms with van der Waals surface area (Å²) >= 11 is 0. The quantitative estimate of drug-likeness (QED) is 0.766. The van der Waals surface area contributed by atoms with Gasteiger partial charge in [0.2, 0.25) is 5.91 Å². The molecule has 0 aromatic heterocycles. The Balaban J connectivity index is 2.52. The zero-order valence-corrected chi connectivity index (χ0v) is 11.9. The van der Waals surface area contributed by atoms with E-state index in [0.717, 1.165) is 17.7 Å². The zero-order valence-electron chi connectivity index (χ0n) is 11.9. The van der Waals surface area contributed by atoms with Crippen LogP contribution in [0.15, 0.2) is 24.3 Å². The van der Waals surface area contributed by atoms with Crippen molar-refractivity contribution in [1.82, 2.24) is 5.32 Å². The molecule has 5 nitrogen and oxygen atoms in total. The Kier molecular flexibility index (Phi) is 6.56. The van der Waals surface area contributed by atoms with Crippen LogP contribution in [-0.2, 0) is 9.59 Å². The second-order valence-electron chi connectivity index (χ2n) is 4.55. The van der Waals surface area contributed by atoms with Gasteiger partial charge in [-0.05, 0) is 30.5 Å². The molecule has 20 heavy (non-hydrogen) atoms. The van der Waals surface area contributed by atoms with Crippen molar-refractivity contribution in [3.63, 3.8) is 0 Å². The van der Waals surface area contributed by atoms with Gasteiger partial charge in [0.1, 0.15) is 5.75 Å². The van der Waals surface area contributed by atoms with E-state index in [-0.39, 0.29) is 24.8 Å². The molecule has 0 saturated carbocycles. The minimum absolute atomic E-state index is 0.0206. The third-order valence-electron chi connectivity index (χ3n) is 3.06. The molecule has 1 atom stereocenters. The molecular formula is C15H21NO4. The summed E-state index contributed by atoms with van der Waals surface area (Å²) in [5.74, 6) is -0.217. The Morgan fingerprint density at radius 2 is 1.90 bits per heavy atom. The van der Waals surface area contributed by atoms with Gasteiger partial charge >= 0.3 is 5.97 Å². The number of aliphatic carboxylic acids is 1. The molecule has 0 aliphatic carbocycles. The van der Waals surface area contributed by atoms with Crippen molar-refractivity contribution in [2.75, 3.05) is 7.11 Å². The van der Waals surface area contributed by atoms with Crippen molar-refractivity contribution >= 4 is 11.9 Å². The summed E-state index contributed by atoms with van der Waals surface area (Å²) in [5.41, 5.74) is 1.01. The van der Waals surface area contributed by atoms with E-state index in [1.54, 1.807) is 7.11 Å². The molecule has 0 aliphatic heterocycles. The summed E-state index contributed by atoms with van der Waals surface area (Å²) in [7, 11) is 1.61. The van der Waals surface area contributed by atoms with Gasteiger partial charge in [0.15, 0.2) is 0 Å². The number of carboxylic acid groups (broad SMARTS) is 1. The van der Waals surface area contributed by atoms with Crippen LogP contribution in [0.3, 0.4) is 0 Å². The lowest BCUT2D eigenvalue weighted by atomic mass is 10.0. The van der Waals surface area contributed by atoms with Gasteiger partial charge < -0.3 is 15.2 Å². The Bertz CT molecular complexity index is 442. The number of amides is 1. The zero-order chi connectivity index (χ0) is 15.0. The number of carbonyl (C=O) groups is 2. The number of rotatable bonds is 8. The highest BCUT2D eigenvalue weighted by molar-refractivity contribution is 5.77. The summed E-state index contributed by atoms with van der Waals surface area (Å²) in [4.78, 5) is 22.2. The van der Waals surface area contributed by atoms with Crippen LogP contribution in [-0.4, -0.2) is 24.1 Å². The lowest BCUT2D eigenvalue weighted by Crippen LogP contribution is -2.28. The van der Waals surface area contributed by atoms with E-state index in [1.807, 2.05) is 31.2 Å². The monoisotopic (exact) mass is 279 g/mol. The molecule has 1 aromatic carbocycles. The molecule has 110 valence electrons. The number of nitrogens with one attached hydrogen (secondary N) is 1. The van der Waals surface area contributed by atoms with Gasteiger partial charge in [-0.25, -0.2) is 0 Å². The lowest BCUT2D eigenvalue weighted by molar-refractivity contribution is -0.137. The predicted octanol–water partition coefficient (Wildman–Crippen LogP) is 2.52. The van der Waals surface area contributed by atoms with E-state index < -0.39 is 5.97 Å². The van der Waals surface area contributed by atoms with Crippen LogP contribution < -0.4 is 10.1 Å². The first-order chi connectivity index (χ1) is 9.56. The fourth-order valence-corrected chi connectivity index (χ4v) is 1.92. The lowest BCUT2D eigenvalue weighted by Gasteiger charge is -2.17. The first-order valence-corrected chi connectivity index (χ1v) is 6.72. The predicted molar refractivity (Wildman–Crippen MR) is 75.7 cm³/mol. The maximum atomic E-state index is 11.8. The van der Waals surface area contributed by atoms with Gasteiger partial charge in [-0.1, -0.05) is 19.1 Å². The molecule has 1 rings (SSSR count). The minimum Gasteiger partial charge on any atom is -0.497 e. The van der Waals surface area contributed by atoms with E-state index in [4.69, 9.17) is 9.84 Å². The van der Waals surface area contributed by atoms with Gasteiger partial charge in [0, 0.05) is 12.8 Å². The number of hydrogen-bond acceptors (Lipinski definition) is 3. The van der Waals surface area contributed by atoms with Gasteiger partial charge in [0.05, 0.1) is 13.2 Å². The molecule has 0 aliphatic rings. The molecule has 0 radical (unpaired) electrons. The van der Waals surface area contributed by atoms with Crippen molar-refractivity contribution in [3.05, 3.63) is 29.8 Å². The molecule has 5 heteroatoms. The number of methoxy groups -OCH3 is 1. The maximum absolute atomic E-state index is 11.8. The molecule has 0 bridgehead atoms. The number of hydrogen-bond donors (Lipinski definition) is 2. The van der Waals surface area contributed by atoms with Crippen LogP contribution in [0.1, 0.15) is 44.2 Å². The van der Waals surface area contributed by atoms with Gasteiger partial charge in [-0.2, -0.15) is 0 Å². The van der Waals surface area contributed by atoms with Crippen LogP contribution in [0, 0.1) is 0 Å². The van der Waals surface area contributed by atoms with Crippen LogP contribution >= 0.6 is 0 Å². The highest BCUT2D eigenvalue weighted by Crippen LogP contribution is 2.20. The molecule has 0 fully saturated rings. The SMILES string of the molecule is CCC(NC(=O)CCCC(=O)O)c1ccc(OC)cc1. The number of ether oxygens (including phenoxy) is 1. The summed E-state index contributed by atoms with van der Waals surface area (Å²) in [5, 5.41) is 11.5. The summed E-state index contributed by atoms with van der Waals surface area (Å²) in [6, 6.07) is 7.50. The largest absolute Gasteiger partial charge is 0.497 e. The molecule has 0 saturated heterocycles. The number of carboxylic acids is 1. The fraction of sp³-hybridized carbons (Fsp3) is 0.467. The molecule has 0 spiro atoms. The van der Waals surface area contributed by atoms with E-state index >= 15 is 0 Å². The normalized spacial score (nSPS) is 11.7. The van der Waals surface area contributed by atoms with Crippen LogP contribution in [0.4, 0.5) is 0 Å². The molecule has 2 N–H and O–H groups in total. The van der Waals surface area contributed by atoms with Crippen molar-refractivity contribution in [1.29, 1.82) is 0 Å². The Morgan fingerprint density at radius 3 is 2.40 bits per heavy atom. The standard InChI is InChI=1S/C15H21NO4/c1-3-13(11-7-9-12(20-2)10-8-11)16-14(17)5-4-6-15(18)19/h7-10,13H,3-6H2,1-2H3,(H,16,17)(H,18,19). The molecule has 1 aromatic rings. The molecule has 0 heterocycles. The number of benzene rings is 1. The molecular weight excluding hydrogens is 258 g/mol. The first-order valence-electron chi connectivity index (χ1n) is 6.72. The second kappa shape index (κ2) is 8.19. The van der Waals surface area contributed by atoms with Crippen molar-refractivity contribution in [2.24, 2.45) is 0 Å².